The van der Waals surface area contributed by atoms with E-state index in [2.05, 4.69) is 89.2 Å². The molecule has 0 bridgehead atoms. The monoisotopic (exact) mass is 555 g/mol. The average Bonchev–Trinajstić information content (AvgIpc) is 2.99. The molecule has 0 aromatic heterocycles. The van der Waals surface area contributed by atoms with Crippen molar-refractivity contribution in [2.45, 2.75) is 63.4 Å². The van der Waals surface area contributed by atoms with Gasteiger partial charge >= 0.3 is 6.09 Å². The van der Waals surface area contributed by atoms with Gasteiger partial charge in [-0.25, -0.2) is 15.2 Å². The normalized spacial score (nSPS) is 14.9. The number of rotatable bonds is 12. The number of benzene rings is 3. The van der Waals surface area contributed by atoms with Crippen molar-refractivity contribution in [1.82, 2.24) is 15.3 Å². The summed E-state index contributed by atoms with van der Waals surface area (Å²) in [4.78, 5) is 27.1. The van der Waals surface area contributed by atoms with Gasteiger partial charge in [-0.1, -0.05) is 91.0 Å². The second-order valence-electron chi connectivity index (χ2n) is 12.0. The number of piperidine rings is 1. The number of nitrogens with one attached hydrogen (secondary N) is 1. The topological polar surface area (TPSA) is 61.9 Å². The Kier molecular flexibility index (Phi) is 10.7. The summed E-state index contributed by atoms with van der Waals surface area (Å²) in [6.45, 7) is 9.06. The molecular formula is C35H45N3O3. The molecule has 41 heavy (non-hydrogen) atoms. The predicted molar refractivity (Wildman–Crippen MR) is 165 cm³/mol. The molecular weight excluding hydrogens is 510 g/mol. The highest BCUT2D eigenvalue weighted by Crippen LogP contribution is 2.37. The van der Waals surface area contributed by atoms with Gasteiger partial charge in [0.05, 0.1) is 6.54 Å². The molecule has 0 atom stereocenters. The molecule has 6 heteroatoms. The van der Waals surface area contributed by atoms with Crippen LogP contribution in [-0.4, -0.2) is 60.6 Å². The molecule has 6 nitrogen and oxygen atoms in total. The van der Waals surface area contributed by atoms with Gasteiger partial charge in [0.2, 0.25) is 0 Å². The van der Waals surface area contributed by atoms with Gasteiger partial charge in [0.25, 0.3) is 0 Å². The van der Waals surface area contributed by atoms with Crippen LogP contribution in [0.3, 0.4) is 0 Å². The first-order valence-electron chi connectivity index (χ1n) is 14.9. The SMILES string of the molecule is CC(C)(C)OC(=O)N(CC=O)NCC(CCCN1CCC(c2ccccc2)CC1)(c1ccccc1)c1ccccc1. The lowest BCUT2D eigenvalue weighted by Gasteiger charge is -2.39. The van der Waals surface area contributed by atoms with Crippen LogP contribution in [-0.2, 0) is 14.9 Å². The summed E-state index contributed by atoms with van der Waals surface area (Å²) in [5.41, 5.74) is 6.04. The van der Waals surface area contributed by atoms with Crippen molar-refractivity contribution < 1.29 is 14.3 Å². The fraction of sp³-hybridized carbons (Fsp3) is 0.429. The summed E-state index contributed by atoms with van der Waals surface area (Å²) < 4.78 is 5.59. The van der Waals surface area contributed by atoms with Gasteiger partial charge in [0, 0.05) is 12.0 Å². The van der Waals surface area contributed by atoms with Crippen LogP contribution < -0.4 is 5.43 Å². The Morgan fingerprint density at radius 3 is 1.95 bits per heavy atom. The van der Waals surface area contributed by atoms with Crippen LogP contribution in [0.15, 0.2) is 91.0 Å². The van der Waals surface area contributed by atoms with E-state index in [0.29, 0.717) is 12.5 Å². The van der Waals surface area contributed by atoms with E-state index in [1.807, 2.05) is 32.9 Å². The number of aldehydes is 1. The molecule has 0 saturated carbocycles. The molecule has 1 fully saturated rings. The van der Waals surface area contributed by atoms with Gasteiger partial charge in [-0.3, -0.25) is 0 Å². The number of carbonyl (C=O) groups excluding carboxylic acids is 2. The Morgan fingerprint density at radius 1 is 0.902 bits per heavy atom. The van der Waals surface area contributed by atoms with Crippen LogP contribution in [0.1, 0.15) is 69.1 Å². The Bertz CT molecular complexity index is 1160. The third kappa shape index (κ3) is 8.51. The zero-order valence-corrected chi connectivity index (χ0v) is 24.8. The van der Waals surface area contributed by atoms with E-state index in [-0.39, 0.29) is 6.54 Å². The zero-order valence-electron chi connectivity index (χ0n) is 24.8. The summed E-state index contributed by atoms with van der Waals surface area (Å²) in [6, 6.07) is 31.9. The fourth-order valence-electron chi connectivity index (χ4n) is 5.91. The van der Waals surface area contributed by atoms with Crippen molar-refractivity contribution >= 4 is 12.4 Å². The van der Waals surface area contributed by atoms with Gasteiger partial charge in [0.15, 0.2) is 0 Å². The Balaban J connectivity index is 1.51. The first-order valence-corrected chi connectivity index (χ1v) is 14.9. The Labute approximate surface area is 245 Å². The molecule has 0 spiro atoms. The molecule has 0 radical (unpaired) electrons. The van der Waals surface area contributed by atoms with E-state index in [1.54, 1.807) is 0 Å². The van der Waals surface area contributed by atoms with Crippen LogP contribution >= 0.6 is 0 Å². The third-order valence-electron chi connectivity index (χ3n) is 8.03. The molecule has 3 aromatic carbocycles. The van der Waals surface area contributed by atoms with Crippen LogP contribution in [0, 0.1) is 0 Å². The lowest BCUT2D eigenvalue weighted by atomic mass is 9.71. The highest BCUT2D eigenvalue weighted by Gasteiger charge is 2.35. The summed E-state index contributed by atoms with van der Waals surface area (Å²) in [5.74, 6) is 0.640. The number of amides is 1. The maximum absolute atomic E-state index is 13.0. The molecule has 0 unspecified atom stereocenters. The van der Waals surface area contributed by atoms with Gasteiger partial charge in [-0.15, -0.1) is 0 Å². The quantitative estimate of drug-likeness (QED) is 0.202. The second kappa shape index (κ2) is 14.4. The molecule has 1 N–H and O–H groups in total. The molecule has 1 aliphatic rings. The number of carbonyl (C=O) groups is 2. The van der Waals surface area contributed by atoms with Gasteiger partial charge in [0.1, 0.15) is 11.9 Å². The smallest absolute Gasteiger partial charge is 0.425 e. The molecule has 1 saturated heterocycles. The van der Waals surface area contributed by atoms with Crippen molar-refractivity contribution in [1.29, 1.82) is 0 Å². The molecule has 1 amide bonds. The number of hydrogen-bond donors (Lipinski definition) is 1. The molecule has 1 heterocycles. The highest BCUT2D eigenvalue weighted by molar-refractivity contribution is 5.71. The summed E-state index contributed by atoms with van der Waals surface area (Å²) >= 11 is 0. The van der Waals surface area contributed by atoms with E-state index in [0.717, 1.165) is 38.8 Å². The van der Waals surface area contributed by atoms with Crippen molar-refractivity contribution in [3.63, 3.8) is 0 Å². The first kappa shape index (κ1) is 30.5. The minimum atomic E-state index is -0.663. The van der Waals surface area contributed by atoms with Gasteiger partial charge in [-0.05, 0) is 88.7 Å². The lowest BCUT2D eigenvalue weighted by molar-refractivity contribution is -0.109. The fourth-order valence-corrected chi connectivity index (χ4v) is 5.91. The lowest BCUT2D eigenvalue weighted by Crippen LogP contribution is -2.52. The number of ether oxygens (including phenoxy) is 1. The van der Waals surface area contributed by atoms with Crippen LogP contribution in [0.2, 0.25) is 0 Å². The predicted octanol–water partition coefficient (Wildman–Crippen LogP) is 6.57. The summed E-state index contributed by atoms with van der Waals surface area (Å²) in [5, 5.41) is 1.30. The second-order valence-corrected chi connectivity index (χ2v) is 12.0. The number of likely N-dealkylation sites (tertiary alicyclic amines) is 1. The van der Waals surface area contributed by atoms with Crippen LogP contribution in [0.5, 0.6) is 0 Å². The first-order chi connectivity index (χ1) is 19.8. The maximum atomic E-state index is 13.0. The van der Waals surface area contributed by atoms with E-state index in [1.165, 1.54) is 34.5 Å². The van der Waals surface area contributed by atoms with E-state index < -0.39 is 17.1 Å². The van der Waals surface area contributed by atoms with Crippen LogP contribution in [0.4, 0.5) is 4.79 Å². The number of nitrogens with zero attached hydrogens (tertiary/aromatic N) is 2. The van der Waals surface area contributed by atoms with Crippen molar-refractivity contribution in [3.8, 4) is 0 Å². The van der Waals surface area contributed by atoms with Gasteiger partial charge < -0.3 is 14.4 Å². The summed E-state index contributed by atoms with van der Waals surface area (Å²) in [6.07, 6.45) is 4.43. The van der Waals surface area contributed by atoms with E-state index in [4.69, 9.17) is 4.74 Å². The van der Waals surface area contributed by atoms with Crippen molar-refractivity contribution in [2.75, 3.05) is 32.7 Å². The van der Waals surface area contributed by atoms with E-state index in [9.17, 15) is 9.59 Å². The minimum absolute atomic E-state index is 0.0923. The van der Waals surface area contributed by atoms with Crippen molar-refractivity contribution in [2.24, 2.45) is 0 Å². The summed E-state index contributed by atoms with van der Waals surface area (Å²) in [7, 11) is 0. The third-order valence-corrected chi connectivity index (χ3v) is 8.03. The molecule has 218 valence electrons. The highest BCUT2D eigenvalue weighted by atomic mass is 16.6. The zero-order chi connectivity index (χ0) is 29.1. The molecule has 1 aliphatic heterocycles. The van der Waals surface area contributed by atoms with Crippen molar-refractivity contribution in [3.05, 3.63) is 108 Å². The maximum Gasteiger partial charge on any atom is 0.425 e. The molecule has 4 rings (SSSR count). The van der Waals surface area contributed by atoms with E-state index >= 15 is 0 Å². The largest absolute Gasteiger partial charge is 0.443 e. The van der Waals surface area contributed by atoms with Gasteiger partial charge in [-0.2, -0.15) is 0 Å². The Hall–Kier alpha value is -3.48. The average molecular weight is 556 g/mol. The van der Waals surface area contributed by atoms with Crippen LogP contribution in [0.25, 0.3) is 0 Å². The standard InChI is InChI=1S/C35H45N3O3/c1-34(2,3)41-33(40)38(26-27-39)36-28-35(31-16-9-5-10-17-31,32-18-11-6-12-19-32)22-13-23-37-24-20-30(21-25-37)29-14-7-4-8-15-29/h4-12,14-19,27,30,36H,13,20-26,28H2,1-3H3. The minimum Gasteiger partial charge on any atom is -0.443 e. The molecule has 3 aromatic rings. The number of hydrogen-bond acceptors (Lipinski definition) is 5. The number of hydrazine groups is 1. The Morgan fingerprint density at radius 2 is 1.44 bits per heavy atom. The molecule has 0 aliphatic carbocycles.